The summed E-state index contributed by atoms with van der Waals surface area (Å²) in [5.74, 6) is 0.541. The van der Waals surface area contributed by atoms with Gasteiger partial charge in [0.05, 0.1) is 6.10 Å². The monoisotopic (exact) mass is 486 g/mol. The molecule has 2 fully saturated rings. The van der Waals surface area contributed by atoms with Crippen LogP contribution in [0.25, 0.3) is 10.8 Å². The van der Waals surface area contributed by atoms with Gasteiger partial charge in [-0.1, -0.05) is 54.6 Å². The second-order valence-corrected chi connectivity index (χ2v) is 10.4. The molecule has 1 N–H and O–H groups in total. The van der Waals surface area contributed by atoms with Crippen LogP contribution in [0.4, 0.5) is 4.39 Å². The quantitative estimate of drug-likeness (QED) is 0.450. The molecule has 36 heavy (non-hydrogen) atoms. The Morgan fingerprint density at radius 2 is 1.75 bits per heavy atom. The molecular weight excluding hydrogens is 451 g/mol. The summed E-state index contributed by atoms with van der Waals surface area (Å²) >= 11 is 0. The van der Waals surface area contributed by atoms with Crippen LogP contribution in [-0.4, -0.2) is 59.6 Å². The van der Waals surface area contributed by atoms with Crippen molar-refractivity contribution in [3.8, 4) is 0 Å². The molecule has 0 radical (unpaired) electrons. The third kappa shape index (κ3) is 5.23. The summed E-state index contributed by atoms with van der Waals surface area (Å²) in [6.45, 7) is 7.85. The van der Waals surface area contributed by atoms with E-state index in [-0.39, 0.29) is 23.6 Å². The average Bonchev–Trinajstić information content (AvgIpc) is 3.33. The van der Waals surface area contributed by atoms with Gasteiger partial charge in [-0.2, -0.15) is 0 Å². The highest BCUT2D eigenvalue weighted by atomic mass is 19.1. The highest BCUT2D eigenvalue weighted by Gasteiger charge is 2.40. The van der Waals surface area contributed by atoms with Crippen LogP contribution in [-0.2, 0) is 0 Å². The highest BCUT2D eigenvalue weighted by Crippen LogP contribution is 2.34. The zero-order valence-corrected chi connectivity index (χ0v) is 20.7. The van der Waals surface area contributed by atoms with Crippen LogP contribution in [0.15, 0.2) is 79.4 Å². The predicted molar refractivity (Wildman–Crippen MR) is 142 cm³/mol. The maximum absolute atomic E-state index is 13.6. The minimum Gasteiger partial charge on any atom is -0.392 e. The first-order chi connectivity index (χ1) is 17.5. The summed E-state index contributed by atoms with van der Waals surface area (Å²) in [7, 11) is 0. The van der Waals surface area contributed by atoms with Crippen LogP contribution in [0.2, 0.25) is 0 Å². The molecule has 0 aromatic heterocycles. The first-order valence-corrected chi connectivity index (χ1v) is 13.1. The van der Waals surface area contributed by atoms with Gasteiger partial charge in [-0.05, 0) is 78.7 Å². The number of carbonyl (C=O) groups excluding carboxylic acids is 1. The van der Waals surface area contributed by atoms with Crippen molar-refractivity contribution in [1.82, 2.24) is 9.80 Å². The van der Waals surface area contributed by atoms with Crippen LogP contribution >= 0.6 is 0 Å². The second kappa shape index (κ2) is 10.9. The number of aliphatic hydroxyl groups is 1. The van der Waals surface area contributed by atoms with Crippen molar-refractivity contribution >= 4 is 16.7 Å². The van der Waals surface area contributed by atoms with Gasteiger partial charge in [0.2, 0.25) is 0 Å². The normalized spacial score (nSPS) is 22.1. The predicted octanol–water partition coefficient (Wildman–Crippen LogP) is 5.48. The fraction of sp³-hybridized carbons (Fsp3) is 0.387. The van der Waals surface area contributed by atoms with E-state index in [0.717, 1.165) is 48.8 Å². The summed E-state index contributed by atoms with van der Waals surface area (Å²) < 4.78 is 13.3. The Hall–Kier alpha value is -3.02. The van der Waals surface area contributed by atoms with Crippen molar-refractivity contribution in [2.24, 2.45) is 11.8 Å². The largest absolute Gasteiger partial charge is 0.392 e. The molecular formula is C31H35FN2O2. The number of amides is 1. The number of aliphatic hydroxyl groups excluding tert-OH is 1. The molecule has 4 nitrogen and oxygen atoms in total. The lowest BCUT2D eigenvalue weighted by Gasteiger charge is -2.35. The molecule has 2 unspecified atom stereocenters. The lowest BCUT2D eigenvalue weighted by Crippen LogP contribution is -2.40. The van der Waals surface area contributed by atoms with E-state index in [1.54, 1.807) is 18.2 Å². The first-order valence-electron chi connectivity index (χ1n) is 13.1. The number of halogens is 1. The van der Waals surface area contributed by atoms with E-state index < -0.39 is 6.10 Å². The molecule has 2 aliphatic rings. The zero-order valence-electron chi connectivity index (χ0n) is 20.7. The smallest absolute Gasteiger partial charge is 0.254 e. The van der Waals surface area contributed by atoms with Crippen molar-refractivity contribution in [1.29, 1.82) is 0 Å². The van der Waals surface area contributed by atoms with Crippen LogP contribution in [0.5, 0.6) is 0 Å². The van der Waals surface area contributed by atoms with Crippen molar-refractivity contribution in [3.63, 3.8) is 0 Å². The SMILES string of the molecule is C=CCC(O)[C@@H]1CN(C(=O)c2cccc3ccccc23)CC1CN1CCC(c2ccc(F)cc2)CC1. The third-order valence-electron chi connectivity index (χ3n) is 8.12. The van der Waals surface area contributed by atoms with Gasteiger partial charge in [0.25, 0.3) is 5.91 Å². The summed E-state index contributed by atoms with van der Waals surface area (Å²) in [6, 6.07) is 20.8. The van der Waals surface area contributed by atoms with Crippen molar-refractivity contribution in [2.45, 2.75) is 31.3 Å². The number of rotatable bonds is 7. The third-order valence-corrected chi connectivity index (χ3v) is 8.12. The Morgan fingerprint density at radius 3 is 2.50 bits per heavy atom. The van der Waals surface area contributed by atoms with Gasteiger partial charge in [-0.3, -0.25) is 4.79 Å². The number of piperidine rings is 1. The van der Waals surface area contributed by atoms with Crippen LogP contribution in [0.3, 0.4) is 0 Å². The Morgan fingerprint density at radius 1 is 1.03 bits per heavy atom. The Balaban J connectivity index is 1.27. The number of carbonyl (C=O) groups is 1. The molecule has 0 saturated carbocycles. The molecule has 2 saturated heterocycles. The minimum atomic E-state index is -0.505. The van der Waals surface area contributed by atoms with Gasteiger partial charge >= 0.3 is 0 Å². The van der Waals surface area contributed by atoms with Crippen molar-refractivity contribution in [3.05, 3.63) is 96.3 Å². The number of hydrogen-bond acceptors (Lipinski definition) is 3. The number of nitrogens with zero attached hydrogens (tertiary/aromatic N) is 2. The lowest BCUT2D eigenvalue weighted by atomic mass is 9.86. The van der Waals surface area contributed by atoms with Gasteiger partial charge in [-0.15, -0.1) is 6.58 Å². The minimum absolute atomic E-state index is 0.0248. The second-order valence-electron chi connectivity index (χ2n) is 10.4. The molecule has 3 atom stereocenters. The molecule has 188 valence electrons. The molecule has 3 aromatic rings. The maximum atomic E-state index is 13.6. The number of hydrogen-bond donors (Lipinski definition) is 1. The Bertz CT molecular complexity index is 1200. The highest BCUT2D eigenvalue weighted by molar-refractivity contribution is 6.07. The van der Waals surface area contributed by atoms with Gasteiger partial charge in [-0.25, -0.2) is 4.39 Å². The van der Waals surface area contributed by atoms with E-state index in [0.29, 0.717) is 25.4 Å². The molecule has 3 aromatic carbocycles. The van der Waals surface area contributed by atoms with E-state index >= 15 is 0 Å². The van der Waals surface area contributed by atoms with Crippen molar-refractivity contribution in [2.75, 3.05) is 32.7 Å². The zero-order chi connectivity index (χ0) is 25.1. The standard InChI is InChI=1S/C31H35FN2O2/c1-2-6-30(35)29-21-34(31(36)28-10-5-8-24-7-3-4-9-27(24)28)20-25(29)19-33-17-15-23(16-18-33)22-11-13-26(32)14-12-22/h2-5,7-14,23,25,29-30,35H,1,6,15-21H2/t25?,29-,30?/m1/s1. The molecule has 0 aliphatic carbocycles. The van der Waals surface area contributed by atoms with E-state index in [4.69, 9.17) is 0 Å². The van der Waals surface area contributed by atoms with E-state index in [9.17, 15) is 14.3 Å². The fourth-order valence-electron chi connectivity index (χ4n) is 6.13. The Labute approximate surface area is 213 Å². The maximum Gasteiger partial charge on any atom is 0.254 e. The van der Waals surface area contributed by atoms with Crippen LogP contribution in [0.1, 0.15) is 41.1 Å². The summed E-state index contributed by atoms with van der Waals surface area (Å²) in [4.78, 5) is 18.0. The van der Waals surface area contributed by atoms with E-state index in [2.05, 4.69) is 11.5 Å². The average molecular weight is 487 g/mol. The van der Waals surface area contributed by atoms with Crippen LogP contribution < -0.4 is 0 Å². The molecule has 1 amide bonds. The molecule has 5 heteroatoms. The summed E-state index contributed by atoms with van der Waals surface area (Å²) in [5.41, 5.74) is 1.94. The van der Waals surface area contributed by atoms with E-state index in [1.165, 1.54) is 5.56 Å². The van der Waals surface area contributed by atoms with Crippen LogP contribution in [0, 0.1) is 17.7 Å². The van der Waals surface area contributed by atoms with E-state index in [1.807, 2.05) is 59.5 Å². The van der Waals surface area contributed by atoms with Crippen molar-refractivity contribution < 1.29 is 14.3 Å². The topological polar surface area (TPSA) is 43.8 Å². The van der Waals surface area contributed by atoms with Gasteiger partial charge in [0.1, 0.15) is 5.82 Å². The molecule has 2 aliphatic heterocycles. The number of benzene rings is 3. The molecule has 0 bridgehead atoms. The summed E-state index contributed by atoms with van der Waals surface area (Å²) in [5, 5.41) is 13.0. The number of fused-ring (bicyclic) bond motifs is 1. The fourth-order valence-corrected chi connectivity index (χ4v) is 6.13. The van der Waals surface area contributed by atoms with Gasteiger partial charge in [0.15, 0.2) is 0 Å². The lowest BCUT2D eigenvalue weighted by molar-refractivity contribution is 0.0718. The first kappa shape index (κ1) is 24.7. The Kier molecular flexibility index (Phi) is 7.49. The molecule has 0 spiro atoms. The van der Waals surface area contributed by atoms with Gasteiger partial charge < -0.3 is 14.9 Å². The summed E-state index contributed by atoms with van der Waals surface area (Å²) in [6.07, 6.45) is 3.87. The molecule has 5 rings (SSSR count). The number of likely N-dealkylation sites (tertiary alicyclic amines) is 2. The van der Waals surface area contributed by atoms with Gasteiger partial charge in [0, 0.05) is 31.1 Å². The molecule has 2 heterocycles.